The molecule has 1 heterocycles. The average Bonchev–Trinajstić information content (AvgIpc) is 3.20. The molecule has 1 aliphatic rings. The molecule has 0 aromatic heterocycles. The molecule has 34 heavy (non-hydrogen) atoms. The van der Waals surface area contributed by atoms with Gasteiger partial charge in [0, 0.05) is 30.3 Å². The molecule has 0 spiro atoms. The standard InChI is InChI=1S/C23H23N3O8/c1-3-33-22(29)15-5-7-17(8-6-15)24-20(27)13-34-23(30)16-10-21(28)25(12-16)18-9-4-14(2)19(11-18)26(31)32/h4-9,11,16H,3,10,12-13H2,1-2H3,(H,24,27)/t16-/m1/s1. The maximum absolute atomic E-state index is 12.4. The minimum absolute atomic E-state index is 0.00514. The summed E-state index contributed by atoms with van der Waals surface area (Å²) < 4.78 is 9.94. The number of benzene rings is 2. The molecule has 0 aliphatic carbocycles. The Morgan fingerprint density at radius 3 is 2.50 bits per heavy atom. The van der Waals surface area contributed by atoms with Crippen molar-refractivity contribution in [2.45, 2.75) is 20.3 Å². The molecule has 178 valence electrons. The van der Waals surface area contributed by atoms with Gasteiger partial charge in [0.05, 0.1) is 28.7 Å². The highest BCUT2D eigenvalue weighted by molar-refractivity contribution is 6.00. The molecule has 1 atom stereocenters. The molecule has 1 fully saturated rings. The summed E-state index contributed by atoms with van der Waals surface area (Å²) in [6.45, 7) is 2.97. The van der Waals surface area contributed by atoms with Crippen molar-refractivity contribution >= 4 is 40.8 Å². The largest absolute Gasteiger partial charge is 0.462 e. The third-order valence-electron chi connectivity index (χ3n) is 5.18. The molecule has 0 radical (unpaired) electrons. The lowest BCUT2D eigenvalue weighted by atomic mass is 10.1. The first-order valence-electron chi connectivity index (χ1n) is 10.5. The van der Waals surface area contributed by atoms with Gasteiger partial charge in [0.1, 0.15) is 0 Å². The fourth-order valence-corrected chi connectivity index (χ4v) is 3.43. The van der Waals surface area contributed by atoms with Gasteiger partial charge in [0.2, 0.25) is 5.91 Å². The van der Waals surface area contributed by atoms with Crippen molar-refractivity contribution in [3.63, 3.8) is 0 Å². The van der Waals surface area contributed by atoms with E-state index in [4.69, 9.17) is 9.47 Å². The van der Waals surface area contributed by atoms with Crippen molar-refractivity contribution in [3.8, 4) is 0 Å². The second-order valence-electron chi connectivity index (χ2n) is 7.59. The molecule has 2 aromatic rings. The van der Waals surface area contributed by atoms with Crippen molar-refractivity contribution in [3.05, 3.63) is 63.7 Å². The second-order valence-corrected chi connectivity index (χ2v) is 7.59. The monoisotopic (exact) mass is 469 g/mol. The summed E-state index contributed by atoms with van der Waals surface area (Å²) in [4.78, 5) is 60.5. The Labute approximate surface area is 194 Å². The number of nitrogens with zero attached hydrogens (tertiary/aromatic N) is 2. The summed E-state index contributed by atoms with van der Waals surface area (Å²) in [5.41, 5.74) is 1.39. The zero-order valence-corrected chi connectivity index (χ0v) is 18.6. The van der Waals surface area contributed by atoms with Gasteiger partial charge in [-0.1, -0.05) is 6.07 Å². The van der Waals surface area contributed by atoms with E-state index in [-0.39, 0.29) is 31.2 Å². The number of nitro benzene ring substituents is 1. The Balaban J connectivity index is 1.53. The van der Waals surface area contributed by atoms with Gasteiger partial charge >= 0.3 is 11.9 Å². The summed E-state index contributed by atoms with van der Waals surface area (Å²) in [6, 6.07) is 10.4. The van der Waals surface area contributed by atoms with Crippen molar-refractivity contribution < 1.29 is 33.6 Å². The van der Waals surface area contributed by atoms with Gasteiger partial charge in [-0.25, -0.2) is 4.79 Å². The number of carbonyl (C=O) groups excluding carboxylic acids is 4. The van der Waals surface area contributed by atoms with E-state index in [9.17, 15) is 29.3 Å². The Morgan fingerprint density at radius 2 is 1.85 bits per heavy atom. The van der Waals surface area contributed by atoms with Crippen LogP contribution in [-0.2, 0) is 23.9 Å². The van der Waals surface area contributed by atoms with Crippen molar-refractivity contribution in [2.75, 3.05) is 30.0 Å². The first-order valence-corrected chi connectivity index (χ1v) is 10.5. The maximum Gasteiger partial charge on any atom is 0.338 e. The first-order chi connectivity index (χ1) is 16.2. The fourth-order valence-electron chi connectivity index (χ4n) is 3.43. The van der Waals surface area contributed by atoms with Gasteiger partial charge in [-0.15, -0.1) is 0 Å². The van der Waals surface area contributed by atoms with Gasteiger partial charge in [-0.2, -0.15) is 0 Å². The van der Waals surface area contributed by atoms with E-state index in [0.29, 0.717) is 22.5 Å². The summed E-state index contributed by atoms with van der Waals surface area (Å²) in [7, 11) is 0. The van der Waals surface area contributed by atoms with Crippen LogP contribution in [0.15, 0.2) is 42.5 Å². The number of nitro groups is 1. The minimum Gasteiger partial charge on any atom is -0.462 e. The van der Waals surface area contributed by atoms with E-state index in [1.54, 1.807) is 19.9 Å². The number of aryl methyl sites for hydroxylation is 1. The molecule has 11 heteroatoms. The predicted molar refractivity (Wildman–Crippen MR) is 120 cm³/mol. The summed E-state index contributed by atoms with van der Waals surface area (Å²) in [5, 5.41) is 13.7. The van der Waals surface area contributed by atoms with Crippen LogP contribution in [0.2, 0.25) is 0 Å². The molecule has 1 saturated heterocycles. The van der Waals surface area contributed by atoms with Crippen molar-refractivity contribution in [1.82, 2.24) is 0 Å². The third-order valence-corrected chi connectivity index (χ3v) is 5.18. The van der Waals surface area contributed by atoms with E-state index >= 15 is 0 Å². The molecule has 3 rings (SSSR count). The molecule has 2 amide bonds. The molecule has 11 nitrogen and oxygen atoms in total. The molecule has 0 bridgehead atoms. The Hall–Kier alpha value is -4.28. The molecule has 1 aliphatic heterocycles. The zero-order valence-electron chi connectivity index (χ0n) is 18.6. The summed E-state index contributed by atoms with van der Waals surface area (Å²) in [5.74, 6) is -2.96. The van der Waals surface area contributed by atoms with Crippen LogP contribution >= 0.6 is 0 Å². The topological polar surface area (TPSA) is 145 Å². The highest BCUT2D eigenvalue weighted by atomic mass is 16.6. The van der Waals surface area contributed by atoms with Crippen LogP contribution in [0.3, 0.4) is 0 Å². The van der Waals surface area contributed by atoms with Crippen LogP contribution in [0, 0.1) is 23.0 Å². The number of nitrogens with one attached hydrogen (secondary N) is 1. The highest BCUT2D eigenvalue weighted by Crippen LogP contribution is 2.30. The van der Waals surface area contributed by atoms with Crippen LogP contribution < -0.4 is 10.2 Å². The lowest BCUT2D eigenvalue weighted by molar-refractivity contribution is -0.385. The normalized spacial score (nSPS) is 15.1. The lowest BCUT2D eigenvalue weighted by Crippen LogP contribution is -2.28. The van der Waals surface area contributed by atoms with Gasteiger partial charge < -0.3 is 19.7 Å². The van der Waals surface area contributed by atoms with Gasteiger partial charge in [0.15, 0.2) is 6.61 Å². The smallest absolute Gasteiger partial charge is 0.338 e. The summed E-state index contributed by atoms with van der Waals surface area (Å²) >= 11 is 0. The van der Waals surface area contributed by atoms with Crippen LogP contribution in [0.5, 0.6) is 0 Å². The van der Waals surface area contributed by atoms with E-state index < -0.39 is 35.3 Å². The molecule has 0 unspecified atom stereocenters. The molecule has 2 aromatic carbocycles. The molecule has 1 N–H and O–H groups in total. The maximum atomic E-state index is 12.4. The van der Waals surface area contributed by atoms with Crippen LogP contribution in [0.1, 0.15) is 29.3 Å². The van der Waals surface area contributed by atoms with Gasteiger partial charge in [-0.3, -0.25) is 24.5 Å². The lowest BCUT2D eigenvalue weighted by Gasteiger charge is -2.16. The van der Waals surface area contributed by atoms with Crippen molar-refractivity contribution in [1.29, 1.82) is 0 Å². The Kier molecular flexibility index (Phi) is 7.57. The zero-order chi connectivity index (χ0) is 24.8. The van der Waals surface area contributed by atoms with Crippen LogP contribution in [-0.4, -0.2) is 48.4 Å². The number of amides is 2. The van der Waals surface area contributed by atoms with Gasteiger partial charge in [-0.05, 0) is 44.2 Å². The van der Waals surface area contributed by atoms with Gasteiger partial charge in [0.25, 0.3) is 11.6 Å². The highest BCUT2D eigenvalue weighted by Gasteiger charge is 2.37. The number of esters is 2. The quantitative estimate of drug-likeness (QED) is 0.353. The van der Waals surface area contributed by atoms with E-state index in [2.05, 4.69) is 5.32 Å². The number of anilines is 2. The number of ether oxygens (including phenoxy) is 2. The van der Waals surface area contributed by atoms with E-state index in [0.717, 1.165) is 0 Å². The Bertz CT molecular complexity index is 1130. The fraction of sp³-hybridized carbons (Fsp3) is 0.304. The summed E-state index contributed by atoms with van der Waals surface area (Å²) in [6.07, 6.45) is -0.128. The number of carbonyl (C=O) groups is 4. The Morgan fingerprint density at radius 1 is 1.15 bits per heavy atom. The third kappa shape index (κ3) is 5.74. The first kappa shape index (κ1) is 24.4. The minimum atomic E-state index is -0.801. The van der Waals surface area contributed by atoms with E-state index in [1.165, 1.54) is 41.3 Å². The molecule has 0 saturated carbocycles. The predicted octanol–water partition coefficient (Wildman–Crippen LogP) is 2.61. The van der Waals surface area contributed by atoms with Crippen molar-refractivity contribution in [2.24, 2.45) is 5.92 Å². The van der Waals surface area contributed by atoms with Crippen LogP contribution in [0.4, 0.5) is 17.1 Å². The molecular weight excluding hydrogens is 446 g/mol. The SMILES string of the molecule is CCOC(=O)c1ccc(NC(=O)COC(=O)[C@@H]2CC(=O)N(c3ccc(C)c([N+](=O)[O-])c3)C2)cc1. The molecular formula is C23H23N3O8. The second kappa shape index (κ2) is 10.6. The van der Waals surface area contributed by atoms with Crippen LogP contribution in [0.25, 0.3) is 0 Å². The number of hydrogen-bond acceptors (Lipinski definition) is 8. The van der Waals surface area contributed by atoms with E-state index in [1.807, 2.05) is 0 Å². The average molecular weight is 469 g/mol. The number of rotatable bonds is 8. The number of hydrogen-bond donors (Lipinski definition) is 1.